The molecule has 63 heavy (non-hydrogen) atoms. The van der Waals surface area contributed by atoms with Gasteiger partial charge in [0.15, 0.2) is 5.82 Å². The zero-order valence-electron chi connectivity index (χ0n) is 34.0. The van der Waals surface area contributed by atoms with E-state index in [9.17, 15) is 0 Å². The summed E-state index contributed by atoms with van der Waals surface area (Å²) in [5.74, 6) is 2.51. The van der Waals surface area contributed by atoms with Gasteiger partial charge in [-0.25, -0.2) is 9.97 Å². The predicted molar refractivity (Wildman–Crippen MR) is 259 cm³/mol. The second kappa shape index (κ2) is 14.1. The molecule has 0 unspecified atom stereocenters. The molecule has 1 spiro atoms. The van der Waals surface area contributed by atoms with Crippen molar-refractivity contribution in [3.63, 3.8) is 0 Å². The number of benzene rings is 9. The van der Waals surface area contributed by atoms with Crippen molar-refractivity contribution in [3.05, 3.63) is 241 Å². The summed E-state index contributed by atoms with van der Waals surface area (Å²) in [6.45, 7) is 0. The zero-order chi connectivity index (χ0) is 41.5. The molecule has 0 bridgehead atoms. The highest BCUT2D eigenvalue weighted by atomic mass is 32.1. The van der Waals surface area contributed by atoms with Gasteiger partial charge < -0.3 is 4.74 Å². The van der Waals surface area contributed by atoms with Gasteiger partial charge in [-0.05, 0) is 92.0 Å². The lowest BCUT2D eigenvalue weighted by molar-refractivity contribution is 0.436. The molecule has 0 N–H and O–H groups in total. The number of fused-ring (bicyclic) bond motifs is 12. The Morgan fingerprint density at radius 2 is 0.921 bits per heavy atom. The van der Waals surface area contributed by atoms with Crippen LogP contribution in [0.2, 0.25) is 0 Å². The Balaban J connectivity index is 0.978. The minimum absolute atomic E-state index is 0.529. The van der Waals surface area contributed by atoms with Crippen molar-refractivity contribution in [1.82, 2.24) is 9.97 Å². The normalized spacial score (nSPS) is 13.0. The number of hydrogen-bond acceptors (Lipinski definition) is 4. The number of nitrogens with zero attached hydrogens (tertiary/aromatic N) is 2. The number of aromatic nitrogens is 2. The summed E-state index contributed by atoms with van der Waals surface area (Å²) in [6.07, 6.45) is 0. The van der Waals surface area contributed by atoms with Gasteiger partial charge in [0.2, 0.25) is 0 Å². The number of hydrogen-bond donors (Lipinski definition) is 0. The second-order valence-electron chi connectivity index (χ2n) is 16.4. The maximum absolute atomic E-state index is 6.61. The highest BCUT2D eigenvalue weighted by molar-refractivity contribution is 7.26. The Bertz CT molecular complexity index is 3580. The number of ether oxygens (including phenoxy) is 1. The largest absolute Gasteiger partial charge is 0.457 e. The van der Waals surface area contributed by atoms with Crippen LogP contribution in [0.1, 0.15) is 22.3 Å². The molecule has 294 valence electrons. The average Bonchev–Trinajstić information content (AvgIpc) is 3.88. The standard InChI is InChI=1S/C59H36N2OS/c1-2-16-37(17-3-1)38-18-15-21-42(35-38)58-60-55(57-56(61-58)47-25-7-13-31-54(47)63-57)46-24-5-4-22-43(46)41-20-14-19-39(34-41)40-32-33-45-44-23-6-8-26-48(44)59(51(45)36-40)49-27-9-11-29-52(49)62-53-30-12-10-28-50(53)59/h1-36H. The van der Waals surface area contributed by atoms with Crippen LogP contribution < -0.4 is 4.74 Å². The molecule has 2 aromatic heterocycles. The van der Waals surface area contributed by atoms with Crippen LogP contribution in [0.25, 0.3) is 87.5 Å². The van der Waals surface area contributed by atoms with E-state index in [4.69, 9.17) is 14.7 Å². The fraction of sp³-hybridized carbons (Fsp3) is 0.0169. The highest BCUT2D eigenvalue weighted by Gasteiger charge is 2.51. The molecule has 0 atom stereocenters. The van der Waals surface area contributed by atoms with Crippen LogP contribution in [0.3, 0.4) is 0 Å². The van der Waals surface area contributed by atoms with Crippen LogP contribution in [0.15, 0.2) is 218 Å². The quantitative estimate of drug-likeness (QED) is 0.173. The molecule has 0 saturated carbocycles. The van der Waals surface area contributed by atoms with Crippen LogP contribution in [-0.2, 0) is 5.41 Å². The minimum atomic E-state index is -0.529. The molecule has 1 aliphatic heterocycles. The molecule has 3 nitrogen and oxygen atoms in total. The minimum Gasteiger partial charge on any atom is -0.457 e. The molecular formula is C59H36N2OS. The summed E-state index contributed by atoms with van der Waals surface area (Å²) in [4.78, 5) is 10.8. The summed E-state index contributed by atoms with van der Waals surface area (Å²) in [7, 11) is 0. The first-order chi connectivity index (χ1) is 31.2. The van der Waals surface area contributed by atoms with Gasteiger partial charge in [-0.3, -0.25) is 0 Å². The first-order valence-electron chi connectivity index (χ1n) is 21.4. The number of thiophene rings is 1. The molecule has 11 aromatic rings. The molecule has 1 aliphatic carbocycles. The zero-order valence-corrected chi connectivity index (χ0v) is 34.8. The molecule has 4 heteroatoms. The third-order valence-corrected chi connectivity index (χ3v) is 14.2. The maximum atomic E-state index is 6.61. The van der Waals surface area contributed by atoms with Crippen molar-refractivity contribution in [1.29, 1.82) is 0 Å². The van der Waals surface area contributed by atoms with E-state index in [0.717, 1.165) is 77.3 Å². The fourth-order valence-corrected chi connectivity index (χ4v) is 11.4. The molecule has 0 saturated heterocycles. The lowest BCUT2D eigenvalue weighted by atomic mass is 9.66. The Morgan fingerprint density at radius 3 is 1.71 bits per heavy atom. The van der Waals surface area contributed by atoms with E-state index in [-0.39, 0.29) is 0 Å². The molecule has 0 amide bonds. The van der Waals surface area contributed by atoms with E-state index in [2.05, 4.69) is 218 Å². The van der Waals surface area contributed by atoms with Gasteiger partial charge >= 0.3 is 0 Å². The lowest BCUT2D eigenvalue weighted by Gasteiger charge is -2.39. The van der Waals surface area contributed by atoms with Gasteiger partial charge in [-0.2, -0.15) is 0 Å². The summed E-state index contributed by atoms with van der Waals surface area (Å²) in [5, 5.41) is 1.15. The Kier molecular flexibility index (Phi) is 7.99. The molecule has 3 heterocycles. The van der Waals surface area contributed by atoms with Crippen molar-refractivity contribution in [2.45, 2.75) is 5.41 Å². The fourth-order valence-electron chi connectivity index (χ4n) is 10.2. The first-order valence-corrected chi connectivity index (χ1v) is 22.2. The van der Waals surface area contributed by atoms with E-state index < -0.39 is 5.41 Å². The van der Waals surface area contributed by atoms with Crippen molar-refractivity contribution in [3.8, 4) is 78.7 Å². The predicted octanol–water partition coefficient (Wildman–Crippen LogP) is 15.6. The van der Waals surface area contributed by atoms with E-state index in [0.29, 0.717) is 5.82 Å². The molecule has 2 aliphatic rings. The van der Waals surface area contributed by atoms with Crippen molar-refractivity contribution < 1.29 is 4.74 Å². The third-order valence-electron chi connectivity index (χ3n) is 13.0. The Morgan fingerprint density at radius 1 is 0.365 bits per heavy atom. The van der Waals surface area contributed by atoms with Crippen molar-refractivity contribution in [2.24, 2.45) is 0 Å². The van der Waals surface area contributed by atoms with Crippen LogP contribution >= 0.6 is 11.3 Å². The van der Waals surface area contributed by atoms with E-state index in [1.165, 1.54) is 38.1 Å². The number of rotatable bonds is 5. The highest BCUT2D eigenvalue weighted by Crippen LogP contribution is 2.62. The van der Waals surface area contributed by atoms with Crippen molar-refractivity contribution in [2.75, 3.05) is 0 Å². The summed E-state index contributed by atoms with van der Waals surface area (Å²) < 4.78 is 8.90. The van der Waals surface area contributed by atoms with Crippen LogP contribution in [-0.4, -0.2) is 9.97 Å². The molecule has 13 rings (SSSR count). The average molecular weight is 821 g/mol. The lowest BCUT2D eigenvalue weighted by Crippen LogP contribution is -2.32. The van der Waals surface area contributed by atoms with Gasteiger partial charge in [-0.15, -0.1) is 11.3 Å². The van der Waals surface area contributed by atoms with Gasteiger partial charge in [0.05, 0.1) is 21.3 Å². The monoisotopic (exact) mass is 820 g/mol. The molecule has 9 aromatic carbocycles. The summed E-state index contributed by atoms with van der Waals surface area (Å²) in [5.41, 5.74) is 17.7. The van der Waals surface area contributed by atoms with Crippen LogP contribution in [0.4, 0.5) is 0 Å². The molecule has 0 fully saturated rings. The van der Waals surface area contributed by atoms with Crippen molar-refractivity contribution >= 4 is 31.6 Å². The van der Waals surface area contributed by atoms with Gasteiger partial charge in [0, 0.05) is 32.3 Å². The Labute approximate surface area is 369 Å². The smallest absolute Gasteiger partial charge is 0.160 e. The summed E-state index contributed by atoms with van der Waals surface area (Å²) >= 11 is 1.76. The van der Waals surface area contributed by atoms with E-state index >= 15 is 0 Å². The topological polar surface area (TPSA) is 35.0 Å². The third kappa shape index (κ3) is 5.45. The van der Waals surface area contributed by atoms with E-state index in [1.807, 2.05) is 0 Å². The molecular weight excluding hydrogens is 785 g/mol. The van der Waals surface area contributed by atoms with Gasteiger partial charge in [-0.1, -0.05) is 182 Å². The summed E-state index contributed by atoms with van der Waals surface area (Å²) in [6, 6.07) is 78.4. The van der Waals surface area contributed by atoms with Gasteiger partial charge in [0.1, 0.15) is 11.5 Å². The maximum Gasteiger partial charge on any atom is 0.160 e. The second-order valence-corrected chi connectivity index (χ2v) is 17.4. The van der Waals surface area contributed by atoms with Crippen LogP contribution in [0.5, 0.6) is 11.5 Å². The molecule has 0 radical (unpaired) electrons. The first kappa shape index (κ1) is 35.8. The van der Waals surface area contributed by atoms with Gasteiger partial charge in [0.25, 0.3) is 0 Å². The number of para-hydroxylation sites is 2. The van der Waals surface area contributed by atoms with E-state index in [1.54, 1.807) is 11.3 Å². The Hall–Kier alpha value is -7.92. The van der Waals surface area contributed by atoms with Crippen LogP contribution in [0, 0.1) is 0 Å². The SMILES string of the molecule is c1ccc(-c2cccc(-c3nc(-c4ccccc4-c4cccc(-c5ccc6c(c5)C5(c7ccccc7Oc7ccccc75)c5ccccc5-6)c4)c4sc5ccccc5c4n3)c2)cc1.